The highest BCUT2D eigenvalue weighted by Crippen LogP contribution is 2.52. The van der Waals surface area contributed by atoms with Gasteiger partial charge in [-0.1, -0.05) is 119 Å². The molecule has 0 unspecified atom stereocenters. The maximum atomic E-state index is 13.4. The molecule has 0 saturated heterocycles. The van der Waals surface area contributed by atoms with Crippen molar-refractivity contribution >= 4 is 0 Å². The van der Waals surface area contributed by atoms with Crippen molar-refractivity contribution in [3.63, 3.8) is 0 Å². The zero-order valence-electron chi connectivity index (χ0n) is 28.2. The Kier molecular flexibility index (Phi) is 10.8. The Morgan fingerprint density at radius 1 is 0.463 bits per heavy atom. The van der Waals surface area contributed by atoms with E-state index in [0.717, 1.165) is 36.8 Å². The molecule has 2 rings (SSSR count). The van der Waals surface area contributed by atoms with Gasteiger partial charge in [-0.3, -0.25) is 0 Å². The fourth-order valence-corrected chi connectivity index (χ4v) is 5.68. The molecule has 41 heavy (non-hydrogen) atoms. The normalized spacial score (nSPS) is 14.0. The summed E-state index contributed by atoms with van der Waals surface area (Å²) < 4.78 is 0. The largest absolute Gasteiger partial charge is 0.395 e. The predicted molar refractivity (Wildman–Crippen MR) is 173 cm³/mol. The van der Waals surface area contributed by atoms with Crippen molar-refractivity contribution in [3.05, 3.63) is 69.8 Å². The van der Waals surface area contributed by atoms with Gasteiger partial charge in [0.2, 0.25) is 0 Å². The Morgan fingerprint density at radius 2 is 0.756 bits per heavy atom. The first-order chi connectivity index (χ1) is 18.8. The number of benzene rings is 2. The van der Waals surface area contributed by atoms with E-state index in [1.165, 1.54) is 11.1 Å². The number of aliphatic hydroxyl groups excluding tert-OH is 3. The summed E-state index contributed by atoms with van der Waals surface area (Å²) >= 11 is 0. The molecule has 0 aromatic heterocycles. The lowest BCUT2D eigenvalue weighted by Gasteiger charge is -2.49. The summed E-state index contributed by atoms with van der Waals surface area (Å²) in [6, 6.07) is 12.6. The fraction of sp³-hybridized carbons (Fsp3) is 0.676. The maximum absolute atomic E-state index is 13.4. The molecule has 4 N–H and O–H groups in total. The molecule has 0 aliphatic rings. The zero-order valence-corrected chi connectivity index (χ0v) is 28.2. The predicted octanol–water partition coefficient (Wildman–Crippen LogP) is 7.64. The van der Waals surface area contributed by atoms with Gasteiger partial charge in [-0.25, -0.2) is 0 Å². The van der Waals surface area contributed by atoms with E-state index in [0.29, 0.717) is 11.1 Å². The molecular weight excluding hydrogens is 508 g/mol. The van der Waals surface area contributed by atoms with Crippen LogP contribution in [0.25, 0.3) is 0 Å². The highest BCUT2D eigenvalue weighted by atomic mass is 16.3. The third kappa shape index (κ3) is 6.18. The van der Waals surface area contributed by atoms with Crippen LogP contribution in [0.1, 0.15) is 142 Å². The molecule has 0 aliphatic carbocycles. The molecule has 0 heterocycles. The van der Waals surface area contributed by atoms with E-state index in [2.05, 4.69) is 107 Å². The van der Waals surface area contributed by atoms with Crippen molar-refractivity contribution in [2.45, 2.75) is 136 Å². The van der Waals surface area contributed by atoms with Gasteiger partial charge < -0.3 is 20.4 Å². The van der Waals surface area contributed by atoms with Crippen LogP contribution in [0.2, 0.25) is 0 Å². The fourth-order valence-electron chi connectivity index (χ4n) is 5.68. The Bertz CT molecular complexity index is 1080. The van der Waals surface area contributed by atoms with Gasteiger partial charge >= 0.3 is 0 Å². The first kappa shape index (κ1) is 35.5. The molecule has 4 nitrogen and oxygen atoms in total. The van der Waals surface area contributed by atoms with Crippen molar-refractivity contribution in [1.29, 1.82) is 0 Å². The second-order valence-electron chi connectivity index (χ2n) is 14.9. The standard InChI is InChI=1S/C37H60O4/c1-13-32(5,6)26-17-19-28(30(21-26)34(9,10)15-3)37(41,36(23-38,24-39)25-40)29-20-18-27(33(7,8)14-2)22-31(29)35(11,12)16-4/h17-22,38-41H,13-16,23-25H2,1-12H3. The molecule has 0 radical (unpaired) electrons. The van der Waals surface area contributed by atoms with Crippen LogP contribution in [0, 0.1) is 5.41 Å². The summed E-state index contributed by atoms with van der Waals surface area (Å²) in [6.45, 7) is 24.5. The molecule has 2 aromatic rings. The van der Waals surface area contributed by atoms with E-state index in [-0.39, 0.29) is 21.7 Å². The van der Waals surface area contributed by atoms with Gasteiger partial charge in [0.25, 0.3) is 0 Å². The molecule has 0 amide bonds. The molecule has 0 bridgehead atoms. The Labute approximate surface area is 251 Å². The average Bonchev–Trinajstić information content (AvgIpc) is 2.97. The molecular formula is C37H60O4. The smallest absolute Gasteiger partial charge is 0.127 e. The zero-order chi connectivity index (χ0) is 31.7. The minimum atomic E-state index is -1.88. The number of hydrogen-bond acceptors (Lipinski definition) is 4. The molecule has 4 heteroatoms. The van der Waals surface area contributed by atoms with Gasteiger partial charge in [-0.2, -0.15) is 0 Å². The second-order valence-corrected chi connectivity index (χ2v) is 14.9. The number of hydrogen-bond donors (Lipinski definition) is 4. The van der Waals surface area contributed by atoms with Gasteiger partial charge in [0.1, 0.15) is 5.60 Å². The van der Waals surface area contributed by atoms with Gasteiger partial charge in [0.05, 0.1) is 25.2 Å². The van der Waals surface area contributed by atoms with Crippen molar-refractivity contribution in [3.8, 4) is 0 Å². The minimum Gasteiger partial charge on any atom is -0.395 e. The van der Waals surface area contributed by atoms with Crippen molar-refractivity contribution < 1.29 is 20.4 Å². The summed E-state index contributed by atoms with van der Waals surface area (Å²) in [4.78, 5) is 0. The van der Waals surface area contributed by atoms with Crippen LogP contribution in [0.3, 0.4) is 0 Å². The Morgan fingerprint density at radius 3 is 1.00 bits per heavy atom. The molecule has 2 aromatic carbocycles. The number of aliphatic hydroxyl groups is 4. The minimum absolute atomic E-state index is 0.0695. The summed E-state index contributed by atoms with van der Waals surface area (Å²) in [7, 11) is 0. The average molecular weight is 569 g/mol. The SMILES string of the molecule is CCC(C)(C)c1ccc(C(O)(c2ccc(C(C)(C)CC)cc2C(C)(C)CC)C(CO)(CO)CO)c(C(C)(C)CC)c1. The van der Waals surface area contributed by atoms with E-state index in [9.17, 15) is 20.4 Å². The number of rotatable bonds is 14. The molecule has 0 spiro atoms. The molecule has 232 valence electrons. The summed E-state index contributed by atoms with van der Waals surface area (Å²) in [5.41, 5.74) is 1.28. The van der Waals surface area contributed by atoms with Crippen LogP contribution in [0.5, 0.6) is 0 Å². The van der Waals surface area contributed by atoms with E-state index in [1.807, 2.05) is 12.1 Å². The van der Waals surface area contributed by atoms with E-state index >= 15 is 0 Å². The summed E-state index contributed by atoms with van der Waals surface area (Å²) in [5.74, 6) is 0. The third-order valence-corrected chi connectivity index (χ3v) is 11.1. The van der Waals surface area contributed by atoms with Crippen LogP contribution in [0.4, 0.5) is 0 Å². The lowest BCUT2D eigenvalue weighted by Crippen LogP contribution is -2.55. The molecule has 0 aliphatic heterocycles. The topological polar surface area (TPSA) is 80.9 Å². The van der Waals surface area contributed by atoms with Crippen molar-refractivity contribution in [2.24, 2.45) is 5.41 Å². The first-order valence-electron chi connectivity index (χ1n) is 15.7. The van der Waals surface area contributed by atoms with Crippen LogP contribution in [0.15, 0.2) is 36.4 Å². The van der Waals surface area contributed by atoms with Gasteiger partial charge in [0.15, 0.2) is 0 Å². The second kappa shape index (κ2) is 12.5. The Hall–Kier alpha value is -1.72. The maximum Gasteiger partial charge on any atom is 0.127 e. The van der Waals surface area contributed by atoms with Crippen LogP contribution >= 0.6 is 0 Å². The quantitative estimate of drug-likeness (QED) is 0.189. The van der Waals surface area contributed by atoms with E-state index in [4.69, 9.17) is 0 Å². The molecule has 0 saturated carbocycles. The monoisotopic (exact) mass is 568 g/mol. The summed E-state index contributed by atoms with van der Waals surface area (Å²) in [6.07, 6.45) is 3.57. The first-order valence-corrected chi connectivity index (χ1v) is 15.7. The van der Waals surface area contributed by atoms with Crippen molar-refractivity contribution in [2.75, 3.05) is 19.8 Å². The molecule has 0 fully saturated rings. The van der Waals surface area contributed by atoms with Gasteiger partial charge in [0, 0.05) is 0 Å². The van der Waals surface area contributed by atoms with Crippen LogP contribution < -0.4 is 0 Å². The lowest BCUT2D eigenvalue weighted by atomic mass is 9.59. The molecule has 0 atom stereocenters. The lowest BCUT2D eigenvalue weighted by molar-refractivity contribution is -0.137. The van der Waals surface area contributed by atoms with Crippen LogP contribution in [-0.2, 0) is 27.3 Å². The van der Waals surface area contributed by atoms with Gasteiger partial charge in [-0.15, -0.1) is 0 Å². The van der Waals surface area contributed by atoms with Crippen molar-refractivity contribution in [1.82, 2.24) is 0 Å². The van der Waals surface area contributed by atoms with E-state index < -0.39 is 30.8 Å². The van der Waals surface area contributed by atoms with Crippen LogP contribution in [-0.4, -0.2) is 40.2 Å². The third-order valence-electron chi connectivity index (χ3n) is 11.1. The summed E-state index contributed by atoms with van der Waals surface area (Å²) in [5, 5.41) is 46.1. The highest BCUT2D eigenvalue weighted by Gasteiger charge is 2.55. The highest BCUT2D eigenvalue weighted by molar-refractivity contribution is 5.53. The Balaban J connectivity index is 3.26. The van der Waals surface area contributed by atoms with E-state index in [1.54, 1.807) is 0 Å². The van der Waals surface area contributed by atoms with Gasteiger partial charge in [-0.05, 0) is 80.7 Å².